The normalized spacial score (nSPS) is 11.2. The zero-order chi connectivity index (χ0) is 14.5. The predicted molar refractivity (Wildman–Crippen MR) is 64.7 cm³/mol. The van der Waals surface area contributed by atoms with Gasteiger partial charge in [0.15, 0.2) is 0 Å². The molecule has 0 atom stereocenters. The summed E-state index contributed by atoms with van der Waals surface area (Å²) in [6.07, 6.45) is -4.53. The van der Waals surface area contributed by atoms with Crippen LogP contribution < -0.4 is 10.5 Å². The smallest absolute Gasteiger partial charge is 0.406 e. The van der Waals surface area contributed by atoms with Crippen molar-refractivity contribution in [2.24, 2.45) is 0 Å². The molecule has 1 aromatic carbocycles. The van der Waals surface area contributed by atoms with Crippen LogP contribution in [0, 0.1) is 0 Å². The first-order valence-electron chi connectivity index (χ1n) is 5.57. The number of hydrogen-bond donors (Lipinski definition) is 1. The Balaban J connectivity index is 2.37. The van der Waals surface area contributed by atoms with Crippen molar-refractivity contribution in [3.05, 3.63) is 24.3 Å². The van der Waals surface area contributed by atoms with E-state index >= 15 is 0 Å². The van der Waals surface area contributed by atoms with Gasteiger partial charge in [-0.3, -0.25) is 4.79 Å². The maximum atomic E-state index is 12.1. The van der Waals surface area contributed by atoms with Crippen LogP contribution in [0.15, 0.2) is 24.3 Å². The van der Waals surface area contributed by atoms with Gasteiger partial charge in [0.25, 0.3) is 0 Å². The molecule has 1 amide bonds. The summed E-state index contributed by atoms with van der Waals surface area (Å²) in [4.78, 5) is 12.0. The van der Waals surface area contributed by atoms with Crippen molar-refractivity contribution >= 4 is 11.6 Å². The van der Waals surface area contributed by atoms with E-state index in [-0.39, 0.29) is 13.0 Å². The average Bonchev–Trinajstić information content (AvgIpc) is 2.29. The number of hydrogen-bond acceptors (Lipinski definition) is 3. The number of rotatable bonds is 5. The molecule has 0 radical (unpaired) electrons. The van der Waals surface area contributed by atoms with Crippen molar-refractivity contribution < 1.29 is 22.7 Å². The Labute approximate surface area is 108 Å². The Hall–Kier alpha value is -1.92. The monoisotopic (exact) mass is 276 g/mol. The number of para-hydroxylation sites is 2. The number of carbonyl (C=O) groups excluding carboxylic acids is 1. The number of ether oxygens (including phenoxy) is 1. The summed E-state index contributed by atoms with van der Waals surface area (Å²) in [6, 6.07) is 6.69. The molecule has 19 heavy (non-hydrogen) atoms. The number of benzene rings is 1. The van der Waals surface area contributed by atoms with Crippen molar-refractivity contribution in [3.8, 4) is 5.75 Å². The van der Waals surface area contributed by atoms with Crippen LogP contribution in [-0.4, -0.2) is 37.2 Å². The van der Waals surface area contributed by atoms with E-state index in [0.29, 0.717) is 16.3 Å². The van der Waals surface area contributed by atoms with Crippen LogP contribution in [0.1, 0.15) is 6.42 Å². The molecular formula is C12H15F3N2O2. The Morgan fingerprint density at radius 1 is 1.37 bits per heavy atom. The highest BCUT2D eigenvalue weighted by molar-refractivity contribution is 5.76. The number of nitrogens with zero attached hydrogens (tertiary/aromatic N) is 1. The van der Waals surface area contributed by atoms with Crippen LogP contribution in [0.3, 0.4) is 0 Å². The van der Waals surface area contributed by atoms with E-state index < -0.39 is 18.6 Å². The molecule has 0 aliphatic heterocycles. The minimum absolute atomic E-state index is 0.0186. The molecule has 0 saturated carbocycles. The summed E-state index contributed by atoms with van der Waals surface area (Å²) < 4.78 is 41.4. The SMILES string of the molecule is CN(CC(F)(F)F)C(=O)CCOc1ccccc1N. The number of anilines is 1. The predicted octanol–water partition coefficient (Wildman–Crippen LogP) is 2.06. The average molecular weight is 276 g/mol. The van der Waals surface area contributed by atoms with Crippen molar-refractivity contribution in [2.45, 2.75) is 12.6 Å². The molecule has 0 spiro atoms. The molecule has 1 aromatic rings. The summed E-state index contributed by atoms with van der Waals surface area (Å²) in [5, 5.41) is 0. The minimum atomic E-state index is -4.39. The summed E-state index contributed by atoms with van der Waals surface area (Å²) in [7, 11) is 1.10. The van der Waals surface area contributed by atoms with Gasteiger partial charge in [-0.05, 0) is 12.1 Å². The number of nitrogens with two attached hydrogens (primary N) is 1. The lowest BCUT2D eigenvalue weighted by atomic mass is 10.3. The standard InChI is InChI=1S/C12H15F3N2O2/c1-17(8-12(13,14)15)11(18)6-7-19-10-5-3-2-4-9(10)16/h2-5H,6-8,16H2,1H3. The fraction of sp³-hybridized carbons (Fsp3) is 0.417. The fourth-order valence-corrected chi connectivity index (χ4v) is 1.41. The molecule has 2 N–H and O–H groups in total. The third kappa shape index (κ3) is 5.50. The molecule has 0 aromatic heterocycles. The zero-order valence-corrected chi connectivity index (χ0v) is 10.4. The third-order valence-electron chi connectivity index (χ3n) is 2.33. The van der Waals surface area contributed by atoms with E-state index in [1.165, 1.54) is 0 Å². The van der Waals surface area contributed by atoms with Gasteiger partial charge in [0.1, 0.15) is 12.3 Å². The van der Waals surface area contributed by atoms with E-state index in [2.05, 4.69) is 0 Å². The van der Waals surface area contributed by atoms with Crippen molar-refractivity contribution in [1.29, 1.82) is 0 Å². The highest BCUT2D eigenvalue weighted by Crippen LogP contribution is 2.20. The van der Waals surface area contributed by atoms with Gasteiger partial charge in [0.2, 0.25) is 5.91 Å². The fourth-order valence-electron chi connectivity index (χ4n) is 1.41. The first-order valence-corrected chi connectivity index (χ1v) is 5.57. The number of alkyl halides is 3. The maximum absolute atomic E-state index is 12.1. The van der Waals surface area contributed by atoms with Crippen LogP contribution in [-0.2, 0) is 4.79 Å². The highest BCUT2D eigenvalue weighted by Gasteiger charge is 2.30. The van der Waals surface area contributed by atoms with Gasteiger partial charge >= 0.3 is 6.18 Å². The molecule has 7 heteroatoms. The topological polar surface area (TPSA) is 55.6 Å². The van der Waals surface area contributed by atoms with E-state index in [9.17, 15) is 18.0 Å². The van der Waals surface area contributed by atoms with Gasteiger partial charge in [0.05, 0.1) is 18.7 Å². The second-order valence-electron chi connectivity index (χ2n) is 4.00. The van der Waals surface area contributed by atoms with Crippen molar-refractivity contribution in [2.75, 3.05) is 25.9 Å². The van der Waals surface area contributed by atoms with E-state index in [0.717, 1.165) is 7.05 Å². The largest absolute Gasteiger partial charge is 0.491 e. The number of amides is 1. The molecule has 106 valence electrons. The summed E-state index contributed by atoms with van der Waals surface area (Å²) in [5.41, 5.74) is 6.03. The van der Waals surface area contributed by atoms with Crippen LogP contribution in [0.25, 0.3) is 0 Å². The van der Waals surface area contributed by atoms with E-state index in [1.807, 2.05) is 0 Å². The molecule has 4 nitrogen and oxygen atoms in total. The first kappa shape index (κ1) is 15.1. The minimum Gasteiger partial charge on any atom is -0.491 e. The quantitative estimate of drug-likeness (QED) is 0.837. The van der Waals surface area contributed by atoms with Crippen LogP contribution in [0.4, 0.5) is 18.9 Å². The van der Waals surface area contributed by atoms with Crippen molar-refractivity contribution in [1.82, 2.24) is 4.90 Å². The first-order chi connectivity index (χ1) is 8.79. The molecule has 0 fully saturated rings. The van der Waals surface area contributed by atoms with Gasteiger partial charge in [-0.2, -0.15) is 13.2 Å². The summed E-state index contributed by atoms with van der Waals surface area (Å²) in [5.74, 6) is -0.222. The second-order valence-corrected chi connectivity index (χ2v) is 4.00. The number of nitrogen functional groups attached to an aromatic ring is 1. The maximum Gasteiger partial charge on any atom is 0.406 e. The molecule has 0 unspecified atom stereocenters. The summed E-state index contributed by atoms with van der Waals surface area (Å²) in [6.45, 7) is -1.28. The lowest BCUT2D eigenvalue weighted by Crippen LogP contribution is -2.36. The van der Waals surface area contributed by atoms with Gasteiger partial charge in [-0.15, -0.1) is 0 Å². The number of halogens is 3. The number of carbonyl (C=O) groups is 1. The lowest BCUT2D eigenvalue weighted by molar-refractivity contribution is -0.158. The van der Waals surface area contributed by atoms with Crippen LogP contribution in [0.2, 0.25) is 0 Å². The van der Waals surface area contributed by atoms with Gasteiger partial charge in [0, 0.05) is 7.05 Å². The van der Waals surface area contributed by atoms with Gasteiger partial charge < -0.3 is 15.4 Å². The second kappa shape index (κ2) is 6.31. The molecule has 0 aliphatic rings. The Morgan fingerprint density at radius 2 is 2.00 bits per heavy atom. The van der Waals surface area contributed by atoms with Crippen molar-refractivity contribution in [3.63, 3.8) is 0 Å². The molecule has 0 heterocycles. The van der Waals surface area contributed by atoms with E-state index in [1.54, 1.807) is 24.3 Å². The Kier molecular flexibility index (Phi) is 5.02. The van der Waals surface area contributed by atoms with Crippen LogP contribution in [0.5, 0.6) is 5.75 Å². The molecule has 0 saturated heterocycles. The molecule has 1 rings (SSSR count). The molecular weight excluding hydrogens is 261 g/mol. The van der Waals surface area contributed by atoms with Gasteiger partial charge in [-0.25, -0.2) is 0 Å². The highest BCUT2D eigenvalue weighted by atomic mass is 19.4. The molecule has 0 aliphatic carbocycles. The van der Waals surface area contributed by atoms with E-state index in [4.69, 9.17) is 10.5 Å². The Bertz CT molecular complexity index is 435. The molecule has 0 bridgehead atoms. The summed E-state index contributed by atoms with van der Waals surface area (Å²) >= 11 is 0. The zero-order valence-electron chi connectivity index (χ0n) is 10.4. The third-order valence-corrected chi connectivity index (χ3v) is 2.33. The van der Waals surface area contributed by atoms with Crippen LogP contribution >= 0.6 is 0 Å². The lowest BCUT2D eigenvalue weighted by Gasteiger charge is -2.19. The Morgan fingerprint density at radius 3 is 2.58 bits per heavy atom. The van der Waals surface area contributed by atoms with Gasteiger partial charge in [-0.1, -0.05) is 12.1 Å².